The Balaban J connectivity index is 0.000000429. The van der Waals surface area contributed by atoms with E-state index in [-0.39, 0.29) is 52.3 Å². The topological polar surface area (TPSA) is 198 Å². The zero-order valence-corrected chi connectivity index (χ0v) is 19.8. The maximum atomic E-state index is 10.2. The molecule has 0 aliphatic rings. The van der Waals surface area contributed by atoms with Gasteiger partial charge in [0, 0.05) is 17.1 Å². The molecule has 0 saturated carbocycles. The molecule has 0 fully saturated rings. The Morgan fingerprint density at radius 1 is 0.452 bits per heavy atom. The van der Waals surface area contributed by atoms with Gasteiger partial charge in [-0.05, 0) is 53.1 Å². The van der Waals surface area contributed by atoms with Gasteiger partial charge in [0.15, 0.2) is 0 Å². The zero-order valence-electron chi connectivity index (χ0n) is 16.2. The molecule has 0 aliphatic heterocycles. The monoisotopic (exact) mass is 547 g/mol. The van der Waals surface area contributed by atoms with E-state index in [1.807, 2.05) is 0 Å². The summed E-state index contributed by atoms with van der Waals surface area (Å²) in [5, 5.41) is 30.5. The molecule has 0 heterocycles. The summed E-state index contributed by atoms with van der Waals surface area (Å²) < 4.78 is 0. The molecule has 10 heteroatoms. The van der Waals surface area contributed by atoms with Crippen LogP contribution in [0.4, 0.5) is 17.1 Å². The minimum atomic E-state index is -1.18. The number of hydrogen-bond donors (Lipinski definition) is 3. The largest absolute Gasteiger partial charge is 3.00 e. The second kappa shape index (κ2) is 13.8. The van der Waals surface area contributed by atoms with Crippen LogP contribution in [0.5, 0.6) is 0 Å². The molecule has 0 amide bonds. The van der Waals surface area contributed by atoms with Crippen LogP contribution in [-0.2, 0) is 0 Å². The van der Waals surface area contributed by atoms with E-state index >= 15 is 0 Å². The first-order chi connectivity index (χ1) is 14.1. The molecule has 9 nitrogen and oxygen atoms in total. The van der Waals surface area contributed by atoms with E-state index in [2.05, 4.69) is 0 Å². The second-order valence-corrected chi connectivity index (χ2v) is 5.73. The van der Waals surface area contributed by atoms with E-state index < -0.39 is 17.9 Å². The number of carbonyl (C=O) groups is 3. The van der Waals surface area contributed by atoms with Gasteiger partial charge in [-0.1, -0.05) is 36.4 Å². The van der Waals surface area contributed by atoms with Crippen LogP contribution in [0.1, 0.15) is 31.1 Å². The fourth-order valence-electron chi connectivity index (χ4n) is 1.86. The summed E-state index contributed by atoms with van der Waals surface area (Å²) in [4.78, 5) is 30.5. The number of aromatic carboxylic acids is 3. The molecular weight excluding hydrogens is 529 g/mol. The molecule has 3 rings (SSSR count). The molecule has 0 unspecified atom stereocenters. The zero-order chi connectivity index (χ0) is 22.7. The van der Waals surface area contributed by atoms with Crippen molar-refractivity contribution in [3.63, 3.8) is 0 Å². The van der Waals surface area contributed by atoms with E-state index in [0.717, 1.165) is 0 Å². The van der Waals surface area contributed by atoms with Gasteiger partial charge in [0.05, 0.1) is 17.9 Å². The van der Waals surface area contributed by atoms with Gasteiger partial charge in [0.2, 0.25) is 0 Å². The van der Waals surface area contributed by atoms with Crippen molar-refractivity contribution >= 4 is 35.0 Å². The number of anilines is 3. The Morgan fingerprint density at radius 3 is 0.742 bits per heavy atom. The van der Waals surface area contributed by atoms with Crippen molar-refractivity contribution in [3.8, 4) is 0 Å². The third-order valence-corrected chi connectivity index (χ3v) is 3.44. The van der Waals surface area contributed by atoms with E-state index in [9.17, 15) is 29.7 Å². The van der Waals surface area contributed by atoms with Gasteiger partial charge < -0.3 is 46.9 Å². The molecule has 6 N–H and O–H groups in total. The summed E-state index contributed by atoms with van der Waals surface area (Å²) in [5.74, 6) is -3.54. The maximum Gasteiger partial charge on any atom is 3.00 e. The molecule has 0 aliphatic carbocycles. The van der Waals surface area contributed by atoms with E-state index in [4.69, 9.17) is 17.2 Å². The van der Waals surface area contributed by atoms with Crippen LogP contribution >= 0.6 is 0 Å². The number of benzene rings is 3. The molecule has 3 aromatic rings. The molecule has 0 aromatic heterocycles. The third-order valence-electron chi connectivity index (χ3n) is 3.44. The first kappa shape index (κ1) is 27.7. The van der Waals surface area contributed by atoms with Crippen molar-refractivity contribution < 1.29 is 65.3 Å². The molecule has 156 valence electrons. The number of nitrogen functional groups attached to an aromatic ring is 3. The summed E-state index contributed by atoms with van der Waals surface area (Å²) in [6, 6.07) is 17.6. The van der Waals surface area contributed by atoms with Crippen molar-refractivity contribution in [2.45, 2.75) is 0 Å². The van der Waals surface area contributed by atoms with Gasteiger partial charge in [0.25, 0.3) is 0 Å². The molecule has 0 spiro atoms. The summed E-state index contributed by atoms with van der Waals surface area (Å²) in [6.07, 6.45) is 0. The van der Waals surface area contributed by atoms with Crippen molar-refractivity contribution in [2.24, 2.45) is 0 Å². The predicted molar refractivity (Wildman–Crippen MR) is 106 cm³/mol. The SMILES string of the molecule is Nc1ccc(C(=O)[O-])cc1.Nc1ccc(C(=O)[O-])cc1.Nc1ccc(C(=O)[O-])cc1.[La+3]. The van der Waals surface area contributed by atoms with Crippen molar-refractivity contribution in [1.29, 1.82) is 0 Å². The van der Waals surface area contributed by atoms with E-state index in [1.165, 1.54) is 72.8 Å². The quantitative estimate of drug-likeness (QED) is 0.341. The second-order valence-electron chi connectivity index (χ2n) is 5.73. The van der Waals surface area contributed by atoms with Gasteiger partial charge in [-0.15, -0.1) is 0 Å². The van der Waals surface area contributed by atoms with Crippen LogP contribution in [0.2, 0.25) is 0 Å². The third kappa shape index (κ3) is 10.9. The molecule has 0 atom stereocenters. The van der Waals surface area contributed by atoms with Crippen molar-refractivity contribution in [2.75, 3.05) is 17.2 Å². The number of nitrogens with two attached hydrogens (primary N) is 3. The Hall–Kier alpha value is -3.34. The number of rotatable bonds is 3. The van der Waals surface area contributed by atoms with Gasteiger partial charge in [-0.3, -0.25) is 0 Å². The predicted octanol–water partition coefficient (Wildman–Crippen LogP) is -1.10. The average Bonchev–Trinajstić information content (AvgIpc) is 2.70. The van der Waals surface area contributed by atoms with E-state index in [1.54, 1.807) is 0 Å². The molecule has 0 radical (unpaired) electrons. The number of carbonyl (C=O) groups excluding carboxylic acids is 3. The molecule has 31 heavy (non-hydrogen) atoms. The first-order valence-electron chi connectivity index (χ1n) is 8.30. The fourth-order valence-corrected chi connectivity index (χ4v) is 1.86. The minimum absolute atomic E-state index is 0. The standard InChI is InChI=1S/3C7H7NO2.La/c3*8-6-3-1-5(2-4-6)7(9)10;/h3*1-4H,8H2,(H,9,10);/q;;;+3/p-3. The minimum Gasteiger partial charge on any atom is -0.545 e. The van der Waals surface area contributed by atoms with E-state index in [0.29, 0.717) is 17.1 Å². The average molecular weight is 547 g/mol. The molecule has 0 saturated heterocycles. The van der Waals surface area contributed by atoms with Crippen molar-refractivity contribution in [1.82, 2.24) is 0 Å². The number of carboxylic acids is 3. The number of hydrogen-bond acceptors (Lipinski definition) is 9. The smallest absolute Gasteiger partial charge is 0.545 e. The maximum absolute atomic E-state index is 10.2. The van der Waals surface area contributed by atoms with Crippen molar-refractivity contribution in [3.05, 3.63) is 89.5 Å². The fraction of sp³-hybridized carbons (Fsp3) is 0. The Labute approximate surface area is 206 Å². The van der Waals surface area contributed by atoms with Gasteiger partial charge in [-0.25, -0.2) is 0 Å². The van der Waals surface area contributed by atoms with Crippen LogP contribution in [0.25, 0.3) is 0 Å². The van der Waals surface area contributed by atoms with Crippen LogP contribution in [0.3, 0.4) is 0 Å². The Bertz CT molecular complexity index is 859. The molecular formula is C21H18LaN3O6. The van der Waals surface area contributed by atoms with Gasteiger partial charge >= 0.3 is 35.6 Å². The van der Waals surface area contributed by atoms with Crippen LogP contribution in [0, 0.1) is 35.6 Å². The van der Waals surface area contributed by atoms with Gasteiger partial charge in [-0.2, -0.15) is 0 Å². The first-order valence-corrected chi connectivity index (χ1v) is 8.30. The van der Waals surface area contributed by atoms with Crippen LogP contribution in [-0.4, -0.2) is 17.9 Å². The summed E-state index contributed by atoms with van der Waals surface area (Å²) in [6.45, 7) is 0. The summed E-state index contributed by atoms with van der Waals surface area (Å²) in [7, 11) is 0. The van der Waals surface area contributed by atoms with Crippen LogP contribution in [0.15, 0.2) is 72.8 Å². The van der Waals surface area contributed by atoms with Crippen LogP contribution < -0.4 is 32.5 Å². The molecule has 3 aromatic carbocycles. The summed E-state index contributed by atoms with van der Waals surface area (Å²) >= 11 is 0. The number of carboxylic acid groups (broad SMARTS) is 3. The molecule has 0 bridgehead atoms. The Morgan fingerprint density at radius 2 is 0.613 bits per heavy atom. The van der Waals surface area contributed by atoms with Gasteiger partial charge in [0.1, 0.15) is 0 Å². The summed E-state index contributed by atoms with van der Waals surface area (Å²) in [5.41, 5.74) is 18.0. The Kier molecular flexibility index (Phi) is 12.3. The normalized spacial score (nSPS) is 8.90.